The Kier molecular flexibility index (Phi) is 8.59. The molecular weight excluding hydrogens is 515 g/mol. The maximum Gasteiger partial charge on any atom is 0.420 e. The fraction of sp³-hybridized carbons (Fsp3) is 0.300. The number of benzene rings is 1. The zero-order chi connectivity index (χ0) is 25.8. The van der Waals surface area contributed by atoms with Crippen molar-refractivity contribution >= 4 is 29.0 Å². The number of ether oxygens (including phenoxy) is 1. The summed E-state index contributed by atoms with van der Waals surface area (Å²) in [5, 5.41) is 3.48. The lowest BCUT2D eigenvalue weighted by Crippen LogP contribution is -2.40. The van der Waals surface area contributed by atoms with E-state index in [0.29, 0.717) is 11.0 Å². The molecule has 0 fully saturated rings. The number of halogens is 8. The first kappa shape index (κ1) is 27.4. The van der Waals surface area contributed by atoms with Gasteiger partial charge in [-0.1, -0.05) is 25.4 Å². The van der Waals surface area contributed by atoms with Crippen LogP contribution in [0.3, 0.4) is 0 Å². The van der Waals surface area contributed by atoms with Crippen LogP contribution < -0.4 is 10.1 Å². The molecule has 186 valence electrons. The molecule has 2 aromatic rings. The minimum Gasteiger partial charge on any atom is -0.409 e. The molecule has 0 bridgehead atoms. The van der Waals surface area contributed by atoms with E-state index in [9.17, 15) is 35.5 Å². The molecule has 1 aliphatic heterocycles. The number of carbonyl (C=O) groups excluding carboxylic acids is 1. The normalized spacial score (nSPS) is 15.9. The molecule has 1 aromatic heterocycles. The third-order valence-corrected chi connectivity index (χ3v) is 5.25. The standard InChI is InChI=1S/C18H11ClF7N3O2S.C2H6/c1-29(12-3-2-11(20)14(19)28-12)16(30)31-13-9(15-27-4-5-32-15)6-8(17(21,22)23)7-10(13)18(24,25)26;1-2/h2-7,14,28H,1H3;1-2H3. The van der Waals surface area contributed by atoms with Crippen molar-refractivity contribution in [3.05, 3.63) is 58.6 Å². The number of allylic oxidation sites excluding steroid dienone is 2. The zero-order valence-electron chi connectivity index (χ0n) is 17.7. The molecule has 14 heteroatoms. The maximum absolute atomic E-state index is 13.7. The highest BCUT2D eigenvalue weighted by molar-refractivity contribution is 7.13. The van der Waals surface area contributed by atoms with E-state index in [4.69, 9.17) is 16.3 Å². The van der Waals surface area contributed by atoms with Crippen molar-refractivity contribution in [1.82, 2.24) is 15.2 Å². The molecule has 3 rings (SSSR count). The molecule has 34 heavy (non-hydrogen) atoms. The summed E-state index contributed by atoms with van der Waals surface area (Å²) in [5.74, 6) is -2.05. The van der Waals surface area contributed by atoms with Crippen molar-refractivity contribution in [2.75, 3.05) is 7.05 Å². The number of rotatable bonds is 3. The molecule has 0 radical (unpaired) electrons. The predicted octanol–water partition coefficient (Wildman–Crippen LogP) is 7.17. The van der Waals surface area contributed by atoms with Crippen molar-refractivity contribution in [2.24, 2.45) is 0 Å². The number of carbonyl (C=O) groups is 1. The molecule has 2 heterocycles. The number of amides is 1. The largest absolute Gasteiger partial charge is 0.420 e. The van der Waals surface area contributed by atoms with Crippen LogP contribution in [-0.4, -0.2) is 28.5 Å². The van der Waals surface area contributed by atoms with Crippen LogP contribution in [0.15, 0.2) is 47.5 Å². The number of nitrogens with one attached hydrogen (secondary N) is 1. The second-order valence-electron chi connectivity index (χ2n) is 6.27. The number of aromatic nitrogens is 1. The van der Waals surface area contributed by atoms with Crippen molar-refractivity contribution in [1.29, 1.82) is 0 Å². The van der Waals surface area contributed by atoms with Gasteiger partial charge >= 0.3 is 18.4 Å². The molecule has 1 unspecified atom stereocenters. The first-order valence-corrected chi connectivity index (χ1v) is 10.8. The Bertz CT molecular complexity index is 1080. The van der Waals surface area contributed by atoms with E-state index in [1.54, 1.807) is 0 Å². The molecule has 0 spiro atoms. The lowest BCUT2D eigenvalue weighted by atomic mass is 10.0. The summed E-state index contributed by atoms with van der Waals surface area (Å²) in [6.07, 6.45) is -8.62. The fourth-order valence-electron chi connectivity index (χ4n) is 2.58. The van der Waals surface area contributed by atoms with Gasteiger partial charge in [-0.25, -0.2) is 14.2 Å². The predicted molar refractivity (Wildman–Crippen MR) is 113 cm³/mol. The van der Waals surface area contributed by atoms with E-state index in [1.807, 2.05) is 13.8 Å². The van der Waals surface area contributed by atoms with Crippen LogP contribution in [0.1, 0.15) is 25.0 Å². The minimum atomic E-state index is -5.29. The van der Waals surface area contributed by atoms with Gasteiger partial charge in [0.05, 0.1) is 16.7 Å². The average Bonchev–Trinajstić information content (AvgIpc) is 3.29. The Morgan fingerprint density at radius 3 is 2.29 bits per heavy atom. The molecule has 1 atom stereocenters. The van der Waals surface area contributed by atoms with Gasteiger partial charge in [0.15, 0.2) is 11.3 Å². The van der Waals surface area contributed by atoms with Crippen molar-refractivity contribution in [2.45, 2.75) is 31.7 Å². The molecule has 1 amide bonds. The molecule has 0 saturated heterocycles. The number of nitrogens with zero attached hydrogens (tertiary/aromatic N) is 2. The Balaban J connectivity index is 0.00000199. The van der Waals surface area contributed by atoms with Gasteiger partial charge in [-0.05, 0) is 24.3 Å². The highest BCUT2D eigenvalue weighted by atomic mass is 35.5. The summed E-state index contributed by atoms with van der Waals surface area (Å²) in [6, 6.07) is 0.270. The maximum atomic E-state index is 13.7. The number of dihydropyridines is 1. The Morgan fingerprint density at radius 1 is 1.15 bits per heavy atom. The zero-order valence-corrected chi connectivity index (χ0v) is 19.3. The van der Waals surface area contributed by atoms with Crippen molar-refractivity contribution in [3.8, 4) is 16.3 Å². The topological polar surface area (TPSA) is 54.5 Å². The molecule has 5 nitrogen and oxygen atoms in total. The molecule has 0 saturated carbocycles. The summed E-state index contributed by atoms with van der Waals surface area (Å²) in [4.78, 5) is 17.0. The van der Waals surface area contributed by atoms with Gasteiger partial charge in [0.25, 0.3) is 0 Å². The third kappa shape index (κ3) is 6.20. The van der Waals surface area contributed by atoms with Gasteiger partial charge in [0.2, 0.25) is 0 Å². The highest BCUT2D eigenvalue weighted by Gasteiger charge is 2.42. The van der Waals surface area contributed by atoms with Gasteiger partial charge < -0.3 is 10.1 Å². The van der Waals surface area contributed by atoms with Gasteiger partial charge in [-0.3, -0.25) is 4.90 Å². The van der Waals surface area contributed by atoms with Gasteiger partial charge in [-0.2, -0.15) is 26.3 Å². The smallest absolute Gasteiger partial charge is 0.409 e. The van der Waals surface area contributed by atoms with Crippen LogP contribution in [0.2, 0.25) is 0 Å². The van der Waals surface area contributed by atoms with E-state index >= 15 is 0 Å². The molecule has 1 N–H and O–H groups in total. The molecule has 1 aromatic carbocycles. The highest BCUT2D eigenvalue weighted by Crippen LogP contribution is 2.46. The quantitative estimate of drug-likeness (QED) is 0.259. The number of hydrogen-bond donors (Lipinski definition) is 1. The first-order chi connectivity index (χ1) is 15.8. The van der Waals surface area contributed by atoms with Crippen LogP contribution in [0, 0.1) is 0 Å². The Hall–Kier alpha value is -2.80. The lowest BCUT2D eigenvalue weighted by molar-refractivity contribution is -0.143. The minimum absolute atomic E-state index is 0.118. The van der Waals surface area contributed by atoms with E-state index in [1.165, 1.54) is 11.6 Å². The van der Waals surface area contributed by atoms with E-state index in [2.05, 4.69) is 10.3 Å². The summed E-state index contributed by atoms with van der Waals surface area (Å²) in [5.41, 5.74) is -5.42. The van der Waals surface area contributed by atoms with Crippen LogP contribution in [-0.2, 0) is 12.4 Å². The Labute approximate surface area is 198 Å². The Morgan fingerprint density at radius 2 is 1.79 bits per heavy atom. The molecular formula is C20H17ClF7N3O2S. The third-order valence-electron chi connectivity index (χ3n) is 4.13. The summed E-state index contributed by atoms with van der Waals surface area (Å²) in [7, 11) is 1.09. The average molecular weight is 532 g/mol. The SMILES string of the molecule is CC.CN(C(=O)Oc1c(-c2nccs2)cc(C(F)(F)F)cc1C(F)(F)F)C1=CC=C(F)C(Cl)N1. The van der Waals surface area contributed by atoms with Gasteiger partial charge in [0.1, 0.15) is 16.7 Å². The van der Waals surface area contributed by atoms with Crippen molar-refractivity contribution in [3.63, 3.8) is 0 Å². The van der Waals surface area contributed by atoms with Gasteiger partial charge in [-0.15, -0.1) is 11.3 Å². The second kappa shape index (κ2) is 10.6. The van der Waals surface area contributed by atoms with Crippen molar-refractivity contribution < 1.29 is 40.3 Å². The fourth-order valence-corrected chi connectivity index (χ4v) is 3.42. The van der Waals surface area contributed by atoms with E-state index < -0.39 is 52.2 Å². The summed E-state index contributed by atoms with van der Waals surface area (Å²) >= 11 is 6.42. The number of hydrogen-bond acceptors (Lipinski definition) is 5. The second-order valence-corrected chi connectivity index (χ2v) is 7.60. The van der Waals surface area contributed by atoms with Crippen LogP contribution in [0.25, 0.3) is 10.6 Å². The van der Waals surface area contributed by atoms with Gasteiger partial charge in [0, 0.05) is 18.6 Å². The van der Waals surface area contributed by atoms with Crippen LogP contribution >= 0.6 is 22.9 Å². The number of thiazole rings is 1. The monoisotopic (exact) mass is 531 g/mol. The van der Waals surface area contributed by atoms with Crippen LogP contribution in [0.5, 0.6) is 5.75 Å². The lowest BCUT2D eigenvalue weighted by Gasteiger charge is -2.26. The van der Waals surface area contributed by atoms with E-state index in [0.717, 1.165) is 30.5 Å². The van der Waals surface area contributed by atoms with Crippen LogP contribution in [0.4, 0.5) is 35.5 Å². The summed E-state index contributed by atoms with van der Waals surface area (Å²) < 4.78 is 99.0. The summed E-state index contributed by atoms with van der Waals surface area (Å²) in [6.45, 7) is 4.00. The van der Waals surface area contributed by atoms with E-state index in [-0.39, 0.29) is 16.9 Å². The molecule has 1 aliphatic rings. The first-order valence-electron chi connectivity index (χ1n) is 9.45. The number of alkyl halides is 7. The molecule has 0 aliphatic carbocycles.